The number of morpholine rings is 1. The van der Waals surface area contributed by atoms with Crippen LogP contribution in [0.3, 0.4) is 0 Å². The quantitative estimate of drug-likeness (QED) is 0.314. The topological polar surface area (TPSA) is 78.4 Å². The van der Waals surface area contributed by atoms with Crippen LogP contribution in [-0.2, 0) is 9.47 Å². The van der Waals surface area contributed by atoms with Crippen LogP contribution in [0.2, 0.25) is 0 Å². The van der Waals surface area contributed by atoms with Gasteiger partial charge in [-0.25, -0.2) is 4.79 Å². The first-order valence-corrected chi connectivity index (χ1v) is 11.6. The number of rotatable bonds is 6. The molecule has 0 aliphatic carbocycles. The van der Waals surface area contributed by atoms with E-state index in [1.165, 1.54) is 4.88 Å². The van der Waals surface area contributed by atoms with Gasteiger partial charge in [-0.05, 0) is 39.1 Å². The number of halogens is 1. The average molecular weight is 566 g/mol. The zero-order valence-electron chi connectivity index (χ0n) is 18.9. The van der Waals surface area contributed by atoms with Gasteiger partial charge in [0.15, 0.2) is 5.96 Å². The monoisotopic (exact) mass is 565 g/mol. The molecule has 0 bridgehead atoms. The molecule has 0 aromatic carbocycles. The van der Waals surface area contributed by atoms with Gasteiger partial charge in [0, 0.05) is 37.6 Å². The molecule has 1 atom stereocenters. The van der Waals surface area contributed by atoms with Crippen LogP contribution in [0, 0.1) is 0 Å². The van der Waals surface area contributed by atoms with E-state index < -0.39 is 5.60 Å². The van der Waals surface area contributed by atoms with Crippen LogP contribution in [0.4, 0.5) is 4.79 Å². The molecule has 2 N–H and O–H groups in total. The van der Waals surface area contributed by atoms with E-state index in [0.29, 0.717) is 19.6 Å². The number of hydrogen-bond acceptors (Lipinski definition) is 6. The highest BCUT2D eigenvalue weighted by molar-refractivity contribution is 14.0. The average Bonchev–Trinajstić information content (AvgIpc) is 3.18. The molecule has 3 rings (SSSR count). The molecule has 1 aromatic rings. The fraction of sp³-hybridized carbons (Fsp3) is 0.714. The van der Waals surface area contributed by atoms with E-state index >= 15 is 0 Å². The molecule has 0 spiro atoms. The highest BCUT2D eigenvalue weighted by Gasteiger charge is 2.34. The fourth-order valence-corrected chi connectivity index (χ4v) is 4.34. The van der Waals surface area contributed by atoms with Gasteiger partial charge in [0.25, 0.3) is 0 Å². The Morgan fingerprint density at radius 2 is 2.06 bits per heavy atom. The highest BCUT2D eigenvalue weighted by atomic mass is 127. The van der Waals surface area contributed by atoms with Crippen molar-refractivity contribution in [1.82, 2.24) is 20.4 Å². The maximum atomic E-state index is 12.1. The minimum atomic E-state index is -0.470. The van der Waals surface area contributed by atoms with Crippen molar-refractivity contribution < 1.29 is 14.3 Å². The third kappa shape index (κ3) is 8.07. The van der Waals surface area contributed by atoms with E-state index in [2.05, 4.69) is 40.0 Å². The molecule has 176 valence electrons. The number of nitrogens with zero attached hydrogens (tertiary/aromatic N) is 3. The second kappa shape index (κ2) is 12.2. The molecule has 1 unspecified atom stereocenters. The van der Waals surface area contributed by atoms with Crippen molar-refractivity contribution in [2.45, 2.75) is 45.4 Å². The van der Waals surface area contributed by atoms with Gasteiger partial charge in [0.2, 0.25) is 0 Å². The minimum absolute atomic E-state index is 0. The maximum absolute atomic E-state index is 12.1. The Balaban J connectivity index is 0.00000341. The Bertz CT molecular complexity index is 698. The Hall–Kier alpha value is -1.11. The van der Waals surface area contributed by atoms with Crippen molar-refractivity contribution in [2.24, 2.45) is 4.99 Å². The first-order valence-electron chi connectivity index (χ1n) is 10.7. The third-order valence-electron chi connectivity index (χ3n) is 5.00. The lowest BCUT2D eigenvalue weighted by molar-refractivity contribution is 0.00695. The largest absolute Gasteiger partial charge is 0.444 e. The van der Waals surface area contributed by atoms with Crippen LogP contribution in [0.5, 0.6) is 0 Å². The zero-order chi connectivity index (χ0) is 21.6. The smallest absolute Gasteiger partial charge is 0.410 e. The Kier molecular flexibility index (Phi) is 10.3. The highest BCUT2D eigenvalue weighted by Crippen LogP contribution is 2.26. The molecule has 2 aliphatic heterocycles. The Morgan fingerprint density at radius 1 is 1.35 bits per heavy atom. The van der Waals surface area contributed by atoms with E-state index in [9.17, 15) is 4.79 Å². The molecule has 3 heterocycles. The van der Waals surface area contributed by atoms with E-state index in [-0.39, 0.29) is 42.2 Å². The van der Waals surface area contributed by atoms with E-state index in [0.717, 1.165) is 38.8 Å². The molecule has 1 aromatic heterocycles. The number of nitrogens with one attached hydrogen (secondary N) is 2. The second-order valence-corrected chi connectivity index (χ2v) is 9.61. The molecule has 2 saturated heterocycles. The molecular formula is C21H36IN5O3S. The van der Waals surface area contributed by atoms with Crippen molar-refractivity contribution in [2.75, 3.05) is 52.5 Å². The SMILES string of the molecule is CCNC(=NCC(c1cccs1)N1CCOCC1)NC1CN(C(=O)OC(C)(C)C)C1.I. The second-order valence-electron chi connectivity index (χ2n) is 8.63. The van der Waals surface area contributed by atoms with Gasteiger partial charge in [0.1, 0.15) is 5.60 Å². The van der Waals surface area contributed by atoms with Crippen molar-refractivity contribution in [3.05, 3.63) is 22.4 Å². The standard InChI is InChI=1S/C21H35N5O3S.HI/c1-5-22-19(24-16-14-26(15-16)20(27)29-21(2,3)4)23-13-17(18-7-6-12-30-18)25-8-10-28-11-9-25;/h6-7,12,16-17H,5,8-11,13-15H2,1-4H3,(H2,22,23,24);1H. The van der Waals surface area contributed by atoms with Crippen LogP contribution in [0.15, 0.2) is 22.5 Å². The summed E-state index contributed by atoms with van der Waals surface area (Å²) >= 11 is 1.78. The summed E-state index contributed by atoms with van der Waals surface area (Å²) in [4.78, 5) is 22.5. The van der Waals surface area contributed by atoms with Crippen molar-refractivity contribution in [3.8, 4) is 0 Å². The lowest BCUT2D eigenvalue weighted by atomic mass is 10.1. The van der Waals surface area contributed by atoms with Gasteiger partial charge in [-0.3, -0.25) is 9.89 Å². The number of carbonyl (C=O) groups is 1. The number of hydrogen-bond donors (Lipinski definition) is 2. The molecule has 31 heavy (non-hydrogen) atoms. The predicted molar refractivity (Wildman–Crippen MR) is 136 cm³/mol. The molecular weight excluding hydrogens is 529 g/mol. The number of thiophene rings is 1. The molecule has 1 amide bonds. The van der Waals surface area contributed by atoms with Crippen LogP contribution < -0.4 is 10.6 Å². The first-order chi connectivity index (χ1) is 14.4. The number of likely N-dealkylation sites (tertiary alicyclic amines) is 1. The molecule has 2 fully saturated rings. The van der Waals surface area contributed by atoms with Crippen LogP contribution in [0.1, 0.15) is 38.6 Å². The molecule has 8 nitrogen and oxygen atoms in total. The van der Waals surface area contributed by atoms with Crippen molar-refractivity contribution in [1.29, 1.82) is 0 Å². The normalized spacial score (nSPS) is 19.2. The number of amides is 1. The van der Waals surface area contributed by atoms with Crippen molar-refractivity contribution >= 4 is 47.4 Å². The summed E-state index contributed by atoms with van der Waals surface area (Å²) in [5.41, 5.74) is -0.470. The summed E-state index contributed by atoms with van der Waals surface area (Å²) < 4.78 is 11.0. The molecule has 0 radical (unpaired) electrons. The summed E-state index contributed by atoms with van der Waals surface area (Å²) in [5.74, 6) is 0.793. The third-order valence-corrected chi connectivity index (χ3v) is 5.97. The van der Waals surface area contributed by atoms with E-state index in [1.54, 1.807) is 16.2 Å². The van der Waals surface area contributed by atoms with Gasteiger partial charge in [-0.1, -0.05) is 6.07 Å². The number of guanidine groups is 1. The predicted octanol–water partition coefficient (Wildman–Crippen LogP) is 2.91. The minimum Gasteiger partial charge on any atom is -0.444 e. The summed E-state index contributed by atoms with van der Waals surface area (Å²) in [5, 5.41) is 8.91. The lowest BCUT2D eigenvalue weighted by Gasteiger charge is -2.40. The van der Waals surface area contributed by atoms with Crippen LogP contribution >= 0.6 is 35.3 Å². The van der Waals surface area contributed by atoms with Gasteiger partial charge in [0.05, 0.1) is 31.8 Å². The van der Waals surface area contributed by atoms with Gasteiger partial charge in [-0.15, -0.1) is 35.3 Å². The maximum Gasteiger partial charge on any atom is 0.410 e. The number of carbonyl (C=O) groups excluding carboxylic acids is 1. The Labute approximate surface area is 206 Å². The number of ether oxygens (including phenoxy) is 2. The summed E-state index contributed by atoms with van der Waals surface area (Å²) in [6.45, 7) is 13.8. The van der Waals surface area contributed by atoms with Gasteiger partial charge >= 0.3 is 6.09 Å². The Morgan fingerprint density at radius 3 is 2.65 bits per heavy atom. The zero-order valence-corrected chi connectivity index (χ0v) is 22.1. The molecule has 10 heteroatoms. The number of aliphatic imine (C=N–C) groups is 1. The lowest BCUT2D eigenvalue weighted by Crippen LogP contribution is -2.63. The summed E-state index contributed by atoms with van der Waals surface area (Å²) in [7, 11) is 0. The van der Waals surface area contributed by atoms with Crippen LogP contribution in [-0.4, -0.2) is 86.0 Å². The molecule has 0 saturated carbocycles. The van der Waals surface area contributed by atoms with E-state index in [1.807, 2.05) is 20.8 Å². The fourth-order valence-electron chi connectivity index (χ4n) is 3.49. The van der Waals surface area contributed by atoms with Gasteiger partial charge in [-0.2, -0.15) is 0 Å². The van der Waals surface area contributed by atoms with Gasteiger partial charge < -0.3 is 25.0 Å². The first kappa shape index (κ1) is 26.1. The summed E-state index contributed by atoms with van der Waals surface area (Å²) in [6, 6.07) is 4.72. The van der Waals surface area contributed by atoms with Crippen LogP contribution in [0.25, 0.3) is 0 Å². The summed E-state index contributed by atoms with van der Waals surface area (Å²) in [6.07, 6.45) is -0.257. The molecule has 2 aliphatic rings. The van der Waals surface area contributed by atoms with Crippen molar-refractivity contribution in [3.63, 3.8) is 0 Å². The van der Waals surface area contributed by atoms with E-state index in [4.69, 9.17) is 14.5 Å².